The van der Waals surface area contributed by atoms with Crippen LogP contribution in [-0.2, 0) is 30.6 Å². The molecule has 40 heavy (non-hydrogen) atoms. The van der Waals surface area contributed by atoms with E-state index in [9.17, 15) is 29.4 Å². The highest BCUT2D eigenvalue weighted by molar-refractivity contribution is 8.00. The van der Waals surface area contributed by atoms with Crippen LogP contribution in [0, 0.1) is 0 Å². The number of anilines is 1. The van der Waals surface area contributed by atoms with Gasteiger partial charge in [-0.15, -0.1) is 16.3 Å². The Balaban J connectivity index is 1.37. The topological polar surface area (TPSA) is 219 Å². The molecule has 5 rings (SSSR count). The van der Waals surface area contributed by atoms with Crippen molar-refractivity contribution in [3.8, 4) is 0 Å². The molecule has 5 heterocycles. The van der Waals surface area contributed by atoms with Crippen LogP contribution in [0.15, 0.2) is 47.1 Å². The molecule has 3 aromatic rings. The summed E-state index contributed by atoms with van der Waals surface area (Å²) in [6.07, 6.45) is 5.13. The first-order valence-electron chi connectivity index (χ1n) is 11.6. The standard InChI is InChI=1S/C22H21N9O7S2/c1-22(2,20(36)37)38-27-12(15-26-21(23)40-28-15)16(32)25-13-17(33)31-14(19(34)35)10(9-39-18(13)31)8-29-6-7-30-11(29)4-3-5-24-30/h3-7,13,18H,8-9H2,1-2H3,(H4-,23,25,26,28,32,34,35,36,37)/p+1/b27-12+/t13-,18-/m1/s1. The third-order valence-corrected chi connectivity index (χ3v) is 7.97. The van der Waals surface area contributed by atoms with Gasteiger partial charge in [0.05, 0.1) is 6.20 Å². The molecule has 2 aliphatic heterocycles. The van der Waals surface area contributed by atoms with Crippen LogP contribution in [0.3, 0.4) is 0 Å². The summed E-state index contributed by atoms with van der Waals surface area (Å²) in [6.45, 7) is 2.67. The number of fused-ring (bicyclic) bond motifs is 2. The minimum absolute atomic E-state index is 0.0233. The number of rotatable bonds is 9. The van der Waals surface area contributed by atoms with Crippen molar-refractivity contribution in [1.82, 2.24) is 29.2 Å². The van der Waals surface area contributed by atoms with E-state index in [1.54, 1.807) is 29.2 Å². The second kappa shape index (κ2) is 10.2. The highest BCUT2D eigenvalue weighted by Gasteiger charge is 2.54. The number of carboxylic acid groups (broad SMARTS) is 2. The van der Waals surface area contributed by atoms with Gasteiger partial charge >= 0.3 is 17.6 Å². The number of aliphatic carboxylic acids is 2. The molecule has 0 aromatic carbocycles. The van der Waals surface area contributed by atoms with Crippen molar-refractivity contribution in [1.29, 1.82) is 0 Å². The van der Waals surface area contributed by atoms with Crippen LogP contribution in [-0.4, -0.2) is 86.3 Å². The van der Waals surface area contributed by atoms with Crippen LogP contribution in [0.4, 0.5) is 5.13 Å². The maximum absolute atomic E-state index is 13.2. The highest BCUT2D eigenvalue weighted by Crippen LogP contribution is 2.40. The first-order chi connectivity index (χ1) is 19.0. The molecule has 0 spiro atoms. The van der Waals surface area contributed by atoms with Crippen molar-refractivity contribution in [2.45, 2.75) is 37.4 Å². The van der Waals surface area contributed by atoms with Gasteiger partial charge in [0.2, 0.25) is 17.1 Å². The summed E-state index contributed by atoms with van der Waals surface area (Å²) in [5, 5.41) is 29.0. The number of nitrogens with two attached hydrogens (primary N) is 1. The molecule has 208 valence electrons. The minimum atomic E-state index is -1.79. The molecule has 0 saturated carbocycles. The SMILES string of the molecule is CC(C)(O/N=C(/C(=O)N[C@@H]1C(=O)N2C(C(=O)O)=C(C[n+]3ccn4ncccc43)CS[C@H]12)c1nsc(N)n1)C(=O)O. The number of aromatic nitrogens is 5. The highest BCUT2D eigenvalue weighted by atomic mass is 32.2. The lowest BCUT2D eigenvalue weighted by Gasteiger charge is -2.49. The van der Waals surface area contributed by atoms with Crippen molar-refractivity contribution in [3.05, 3.63) is 47.8 Å². The number of hydrogen-bond acceptors (Lipinski definition) is 12. The van der Waals surface area contributed by atoms with Gasteiger partial charge in [-0.25, -0.2) is 14.2 Å². The van der Waals surface area contributed by atoms with Gasteiger partial charge in [0.25, 0.3) is 11.8 Å². The third kappa shape index (κ3) is 4.81. The second-order valence-electron chi connectivity index (χ2n) is 9.17. The second-order valence-corrected chi connectivity index (χ2v) is 11.1. The van der Waals surface area contributed by atoms with Crippen LogP contribution in [0.2, 0.25) is 0 Å². The van der Waals surface area contributed by atoms with E-state index in [1.807, 2.05) is 10.6 Å². The van der Waals surface area contributed by atoms with Crippen LogP contribution in [0.5, 0.6) is 0 Å². The number of nitrogens with zero attached hydrogens (tertiary/aromatic N) is 7. The lowest BCUT2D eigenvalue weighted by molar-refractivity contribution is -0.662. The van der Waals surface area contributed by atoms with Crippen LogP contribution in [0.1, 0.15) is 19.7 Å². The molecule has 18 heteroatoms. The van der Waals surface area contributed by atoms with Gasteiger partial charge in [-0.1, -0.05) is 10.3 Å². The summed E-state index contributed by atoms with van der Waals surface area (Å²) in [7, 11) is 0. The fourth-order valence-corrected chi connectivity index (χ4v) is 5.77. The number of carboxylic acids is 2. The first-order valence-corrected chi connectivity index (χ1v) is 13.4. The lowest BCUT2D eigenvalue weighted by Crippen LogP contribution is -2.71. The van der Waals surface area contributed by atoms with E-state index >= 15 is 0 Å². The number of thioether (sulfide) groups is 1. The maximum atomic E-state index is 13.2. The van der Waals surface area contributed by atoms with E-state index in [1.165, 1.54) is 25.6 Å². The van der Waals surface area contributed by atoms with E-state index < -0.39 is 46.5 Å². The van der Waals surface area contributed by atoms with Gasteiger partial charge < -0.3 is 26.1 Å². The molecule has 2 atom stereocenters. The summed E-state index contributed by atoms with van der Waals surface area (Å²) in [5.74, 6) is -4.10. The molecule has 16 nitrogen and oxygen atoms in total. The van der Waals surface area contributed by atoms with E-state index in [-0.39, 0.29) is 29.0 Å². The fourth-order valence-electron chi connectivity index (χ4n) is 4.00. The molecule has 0 radical (unpaired) electrons. The number of nitrogen functional groups attached to an aromatic ring is 1. The molecule has 2 amide bonds. The largest absolute Gasteiger partial charge is 0.478 e. The molecule has 2 aliphatic rings. The van der Waals surface area contributed by atoms with Gasteiger partial charge in [0.15, 0.2) is 11.3 Å². The number of imidazole rings is 1. The number of oxime groups is 1. The van der Waals surface area contributed by atoms with Gasteiger partial charge in [-0.2, -0.15) is 9.36 Å². The average Bonchev–Trinajstić information content (AvgIpc) is 3.53. The Bertz CT molecular complexity index is 1610. The number of nitrogens with one attached hydrogen (secondary N) is 1. The van der Waals surface area contributed by atoms with E-state index in [0.29, 0.717) is 5.57 Å². The summed E-state index contributed by atoms with van der Waals surface area (Å²) in [4.78, 5) is 60.1. The molecule has 0 unspecified atom stereocenters. The van der Waals surface area contributed by atoms with Crippen molar-refractivity contribution >= 4 is 63.5 Å². The third-order valence-electron chi connectivity index (χ3n) is 6.09. The number of carbonyl (C=O) groups is 4. The predicted molar refractivity (Wildman–Crippen MR) is 139 cm³/mol. The summed E-state index contributed by atoms with van der Waals surface area (Å²) < 4.78 is 7.40. The Kier molecular flexibility index (Phi) is 6.88. The molecular weight excluding hydrogens is 566 g/mol. The van der Waals surface area contributed by atoms with Gasteiger partial charge in [-0.3, -0.25) is 14.5 Å². The first kappa shape index (κ1) is 27.0. The zero-order valence-corrected chi connectivity index (χ0v) is 22.5. The van der Waals surface area contributed by atoms with E-state index in [4.69, 9.17) is 10.6 Å². The molecule has 1 fully saturated rings. The Morgan fingerprint density at radius 1 is 1.35 bits per heavy atom. The Morgan fingerprint density at radius 3 is 2.80 bits per heavy atom. The number of β-lactam (4-membered cyclic amide) rings is 1. The summed E-state index contributed by atoms with van der Waals surface area (Å²) in [5.41, 5.74) is 4.45. The van der Waals surface area contributed by atoms with Crippen molar-refractivity contribution in [3.63, 3.8) is 0 Å². The van der Waals surface area contributed by atoms with Gasteiger partial charge in [-0.05, 0) is 19.9 Å². The number of amides is 2. The van der Waals surface area contributed by atoms with Gasteiger partial charge in [0, 0.05) is 28.9 Å². The number of carbonyl (C=O) groups excluding carboxylic acids is 2. The quantitative estimate of drug-likeness (QED) is 0.103. The Labute approximate surface area is 233 Å². The normalized spacial score (nSPS) is 19.3. The van der Waals surface area contributed by atoms with Crippen LogP contribution < -0.4 is 15.6 Å². The van der Waals surface area contributed by atoms with Crippen molar-refractivity contribution in [2.75, 3.05) is 11.5 Å². The monoisotopic (exact) mass is 588 g/mol. The summed E-state index contributed by atoms with van der Waals surface area (Å²) >= 11 is 2.07. The minimum Gasteiger partial charge on any atom is -0.478 e. The molecule has 1 saturated heterocycles. The fraction of sp³-hybridized carbons (Fsp3) is 0.318. The zero-order valence-electron chi connectivity index (χ0n) is 20.9. The van der Waals surface area contributed by atoms with Crippen molar-refractivity contribution in [2.24, 2.45) is 5.16 Å². The number of hydrogen-bond donors (Lipinski definition) is 4. The average molecular weight is 589 g/mol. The molecule has 3 aromatic heterocycles. The predicted octanol–water partition coefficient (Wildman–Crippen LogP) is -0.922. The van der Waals surface area contributed by atoms with Gasteiger partial charge in [0.1, 0.15) is 29.9 Å². The Morgan fingerprint density at radius 2 is 2.12 bits per heavy atom. The summed E-state index contributed by atoms with van der Waals surface area (Å²) in [6, 6.07) is 2.50. The maximum Gasteiger partial charge on any atom is 0.352 e. The Hall–Kier alpha value is -4.58. The van der Waals surface area contributed by atoms with Crippen LogP contribution >= 0.6 is 23.3 Å². The molecule has 0 bridgehead atoms. The molecule has 0 aliphatic carbocycles. The zero-order chi connectivity index (χ0) is 28.8. The van der Waals surface area contributed by atoms with E-state index in [0.717, 1.165) is 22.1 Å². The van der Waals surface area contributed by atoms with E-state index in [2.05, 4.69) is 24.9 Å². The lowest BCUT2D eigenvalue weighted by atomic mass is 10.0. The smallest absolute Gasteiger partial charge is 0.352 e. The van der Waals surface area contributed by atoms with Crippen molar-refractivity contribution < 1.29 is 38.8 Å². The molecule has 5 N–H and O–H groups in total. The van der Waals surface area contributed by atoms with Crippen LogP contribution in [0.25, 0.3) is 5.65 Å². The molecular formula is C22H22N9O7S2+.